The van der Waals surface area contributed by atoms with Crippen molar-refractivity contribution >= 4 is 44.7 Å². The molecule has 0 saturated carbocycles. The van der Waals surface area contributed by atoms with E-state index in [0.717, 1.165) is 10.8 Å². The van der Waals surface area contributed by atoms with Crippen molar-refractivity contribution in [3.05, 3.63) is 77.8 Å². The zero-order valence-corrected chi connectivity index (χ0v) is 15.4. The molecule has 0 aliphatic rings. The minimum Gasteiger partial charge on any atom is -0.505 e. The molecule has 0 unspecified atom stereocenters. The molecule has 0 fully saturated rings. The lowest BCUT2D eigenvalue weighted by molar-refractivity contribution is -0.120. The van der Waals surface area contributed by atoms with E-state index in [4.69, 9.17) is 16.3 Å². The number of halogens is 1. The van der Waals surface area contributed by atoms with Crippen LogP contribution in [0.3, 0.4) is 0 Å². The Hall–Kier alpha value is -3.44. The zero-order valence-electron chi connectivity index (χ0n) is 14.7. The summed E-state index contributed by atoms with van der Waals surface area (Å²) in [5.74, 6) is -0.0667. The molecule has 0 aliphatic carbocycles. The average Bonchev–Trinajstić information content (AvgIpc) is 2.73. The van der Waals surface area contributed by atoms with Gasteiger partial charge in [-0.15, -0.1) is 10.2 Å². The normalized spacial score (nSPS) is 11.3. The van der Waals surface area contributed by atoms with Crippen LogP contribution >= 0.6 is 11.6 Å². The van der Waals surface area contributed by atoms with E-state index in [1.807, 2.05) is 48.5 Å². The number of hydrogen-bond acceptors (Lipinski definition) is 4. The maximum absolute atomic E-state index is 12.1. The number of phenolic OH excluding ortho intramolecular Hbond substituents is 1. The molecule has 4 aromatic rings. The number of nitrogens with zero attached hydrogens (tertiary/aromatic N) is 2. The van der Waals surface area contributed by atoms with Gasteiger partial charge in [-0.2, -0.15) is 0 Å². The first-order valence-corrected chi connectivity index (χ1v) is 8.96. The smallest absolute Gasteiger partial charge is 0.302 e. The number of carbonyl (C=O) groups is 1. The first-order chi connectivity index (χ1) is 13.6. The van der Waals surface area contributed by atoms with Crippen LogP contribution in [0.4, 0.5) is 5.69 Å². The molecule has 0 heterocycles. The van der Waals surface area contributed by atoms with E-state index in [2.05, 4.69) is 10.2 Å². The first-order valence-electron chi connectivity index (χ1n) is 8.59. The molecule has 6 heteroatoms. The highest BCUT2D eigenvalue weighted by Gasteiger charge is 2.13. The van der Waals surface area contributed by atoms with Crippen LogP contribution in [0.5, 0.6) is 11.5 Å². The van der Waals surface area contributed by atoms with Crippen molar-refractivity contribution in [1.82, 2.24) is 0 Å². The van der Waals surface area contributed by atoms with Crippen LogP contribution in [0.2, 0.25) is 5.02 Å². The number of hydrogen-bond donors (Lipinski definition) is 1. The molecule has 1 amide bonds. The van der Waals surface area contributed by atoms with E-state index >= 15 is 0 Å². The van der Waals surface area contributed by atoms with Crippen LogP contribution in [0, 0.1) is 0 Å². The van der Waals surface area contributed by atoms with E-state index in [1.165, 1.54) is 0 Å². The van der Waals surface area contributed by atoms with Crippen LogP contribution in [0.1, 0.15) is 0 Å². The van der Waals surface area contributed by atoms with Crippen molar-refractivity contribution in [2.24, 2.45) is 10.2 Å². The van der Waals surface area contributed by atoms with Crippen molar-refractivity contribution in [2.45, 2.75) is 0 Å². The second-order valence-corrected chi connectivity index (χ2v) is 6.56. The summed E-state index contributed by atoms with van der Waals surface area (Å²) < 4.78 is 5.37. The Morgan fingerprint density at radius 1 is 0.857 bits per heavy atom. The number of fused-ring (bicyclic) bond motifs is 3. The monoisotopic (exact) mass is 390 g/mol. The Labute approximate surface area is 165 Å². The molecule has 0 aliphatic heterocycles. The number of amides is 1. The zero-order chi connectivity index (χ0) is 19.5. The topological polar surface area (TPSA) is 71.2 Å². The number of carbonyl (C=O) groups excluding carboxylic acids is 1. The summed E-state index contributed by atoms with van der Waals surface area (Å²) in [7, 11) is 0. The summed E-state index contributed by atoms with van der Waals surface area (Å²) >= 11 is 5.82. The van der Waals surface area contributed by atoms with Gasteiger partial charge in [-0.05, 0) is 35.0 Å². The predicted octanol–water partition coefficient (Wildman–Crippen LogP) is 6.04. The Morgan fingerprint density at radius 2 is 1.43 bits per heavy atom. The number of benzene rings is 4. The summed E-state index contributed by atoms with van der Waals surface area (Å²) in [4.78, 5) is 12.1. The van der Waals surface area contributed by atoms with E-state index in [0.29, 0.717) is 21.5 Å². The third-order valence-electron chi connectivity index (χ3n) is 4.32. The van der Waals surface area contributed by atoms with Gasteiger partial charge in [0.15, 0.2) is 12.4 Å². The minimum absolute atomic E-state index is 0.00975. The van der Waals surface area contributed by atoms with Gasteiger partial charge in [-0.1, -0.05) is 60.1 Å². The van der Waals surface area contributed by atoms with Gasteiger partial charge in [0.05, 0.1) is 0 Å². The van der Waals surface area contributed by atoms with E-state index in [9.17, 15) is 9.90 Å². The Balaban J connectivity index is 1.63. The number of azo groups is 1. The lowest BCUT2D eigenvalue weighted by atomic mass is 9.99. The van der Waals surface area contributed by atoms with Crippen molar-refractivity contribution in [1.29, 1.82) is 0 Å². The number of ether oxygens (including phenoxy) is 1. The Bertz CT molecular complexity index is 1200. The second kappa shape index (κ2) is 7.66. The molecule has 4 aromatic carbocycles. The third-order valence-corrected chi connectivity index (χ3v) is 4.57. The van der Waals surface area contributed by atoms with Crippen LogP contribution < -0.4 is 4.74 Å². The quantitative estimate of drug-likeness (QED) is 0.341. The summed E-state index contributed by atoms with van der Waals surface area (Å²) in [6, 6.07) is 21.7. The van der Waals surface area contributed by atoms with Gasteiger partial charge in [0, 0.05) is 15.8 Å². The van der Waals surface area contributed by atoms with Gasteiger partial charge < -0.3 is 9.84 Å². The number of phenols is 1. The molecule has 5 nitrogen and oxygen atoms in total. The van der Waals surface area contributed by atoms with Crippen LogP contribution in [-0.4, -0.2) is 17.6 Å². The summed E-state index contributed by atoms with van der Waals surface area (Å²) in [6.07, 6.45) is 0. The molecule has 0 bridgehead atoms. The summed E-state index contributed by atoms with van der Waals surface area (Å²) in [6.45, 7) is -0.266. The molecule has 4 rings (SSSR count). The van der Waals surface area contributed by atoms with Gasteiger partial charge in [-0.25, -0.2) is 0 Å². The lowest BCUT2D eigenvalue weighted by Gasteiger charge is -2.09. The SMILES string of the molecule is O=C(COc1ccc(Cl)cc1)N=Nc1c(O)c2ccccc2c2ccccc12. The van der Waals surface area contributed by atoms with Crippen molar-refractivity contribution in [3.8, 4) is 11.5 Å². The molecule has 0 radical (unpaired) electrons. The first kappa shape index (κ1) is 17.9. The van der Waals surface area contributed by atoms with Gasteiger partial charge >= 0.3 is 5.91 Å². The number of rotatable bonds is 4. The average molecular weight is 391 g/mol. The van der Waals surface area contributed by atoms with E-state index in [-0.39, 0.29) is 18.0 Å². The molecule has 1 N–H and O–H groups in total. The highest BCUT2D eigenvalue weighted by Crippen LogP contribution is 2.42. The maximum atomic E-state index is 12.1. The molecular weight excluding hydrogens is 376 g/mol. The highest BCUT2D eigenvalue weighted by molar-refractivity contribution is 6.30. The molecule has 28 heavy (non-hydrogen) atoms. The summed E-state index contributed by atoms with van der Waals surface area (Å²) in [5.41, 5.74) is 0.258. The fourth-order valence-corrected chi connectivity index (χ4v) is 3.14. The molecule has 0 saturated heterocycles. The van der Waals surface area contributed by atoms with Gasteiger partial charge in [0.2, 0.25) is 0 Å². The van der Waals surface area contributed by atoms with Crippen LogP contribution in [0.25, 0.3) is 21.5 Å². The van der Waals surface area contributed by atoms with Crippen LogP contribution in [0.15, 0.2) is 83.0 Å². The largest absolute Gasteiger partial charge is 0.505 e. The summed E-state index contributed by atoms with van der Waals surface area (Å²) in [5, 5.41) is 22.2. The van der Waals surface area contributed by atoms with Crippen molar-refractivity contribution < 1.29 is 14.6 Å². The molecule has 0 spiro atoms. The van der Waals surface area contributed by atoms with Gasteiger partial charge in [0.25, 0.3) is 0 Å². The van der Waals surface area contributed by atoms with Gasteiger partial charge in [0.1, 0.15) is 11.4 Å². The molecular formula is C22H15ClN2O3. The van der Waals surface area contributed by atoms with Crippen LogP contribution in [-0.2, 0) is 4.79 Å². The predicted molar refractivity (Wildman–Crippen MR) is 110 cm³/mol. The maximum Gasteiger partial charge on any atom is 0.302 e. The lowest BCUT2D eigenvalue weighted by Crippen LogP contribution is -2.07. The van der Waals surface area contributed by atoms with Crippen molar-refractivity contribution in [2.75, 3.05) is 6.61 Å². The fraction of sp³-hybridized carbons (Fsp3) is 0.0455. The second-order valence-electron chi connectivity index (χ2n) is 6.12. The highest BCUT2D eigenvalue weighted by atomic mass is 35.5. The molecule has 0 aromatic heterocycles. The Morgan fingerprint density at radius 3 is 2.11 bits per heavy atom. The third kappa shape index (κ3) is 3.52. The van der Waals surface area contributed by atoms with Crippen molar-refractivity contribution in [3.63, 3.8) is 0 Å². The molecule has 138 valence electrons. The molecule has 0 atom stereocenters. The number of aromatic hydroxyl groups is 1. The Kier molecular flexibility index (Phi) is 4.91. The van der Waals surface area contributed by atoms with E-state index < -0.39 is 5.91 Å². The standard InChI is InChI=1S/C22H15ClN2O3/c23-14-9-11-15(12-10-14)28-13-20(26)24-25-21-18-7-3-1-5-16(18)17-6-2-4-8-19(17)22(21)27/h1-12,27H,13H2. The van der Waals surface area contributed by atoms with Gasteiger partial charge in [-0.3, -0.25) is 4.79 Å². The fourth-order valence-electron chi connectivity index (χ4n) is 3.02. The van der Waals surface area contributed by atoms with E-state index in [1.54, 1.807) is 24.3 Å². The minimum atomic E-state index is -0.563.